The predicted molar refractivity (Wildman–Crippen MR) is 51.5 cm³/mol. The van der Waals surface area contributed by atoms with Crippen molar-refractivity contribution in [1.82, 2.24) is 0 Å². The van der Waals surface area contributed by atoms with Crippen LogP contribution in [0.25, 0.3) is 0 Å². The maximum Gasteiger partial charge on any atom is 0.113 e. The smallest absolute Gasteiger partial charge is 0.113 e. The van der Waals surface area contributed by atoms with Gasteiger partial charge in [0.05, 0.1) is 11.7 Å². The second-order valence-corrected chi connectivity index (χ2v) is 4.76. The van der Waals surface area contributed by atoms with Crippen LogP contribution in [-0.4, -0.2) is 22.4 Å². The van der Waals surface area contributed by atoms with E-state index in [0.717, 1.165) is 25.7 Å². The van der Waals surface area contributed by atoms with Crippen molar-refractivity contribution < 1.29 is 9.84 Å². The van der Waals surface area contributed by atoms with Crippen molar-refractivity contribution in [1.29, 1.82) is 0 Å². The molecule has 1 N–H and O–H groups in total. The Balaban J connectivity index is 2.18. The molecule has 74 valence electrons. The van der Waals surface area contributed by atoms with Gasteiger partial charge in [0.25, 0.3) is 0 Å². The third-order valence-electron chi connectivity index (χ3n) is 3.08. The molecule has 2 heteroatoms. The molecular weight excluding hydrogens is 164 g/mol. The van der Waals surface area contributed by atoms with Gasteiger partial charge in [-0.05, 0) is 26.7 Å². The highest BCUT2D eigenvalue weighted by molar-refractivity contribution is 5.19. The monoisotopic (exact) mass is 182 g/mol. The van der Waals surface area contributed by atoms with E-state index < -0.39 is 0 Å². The summed E-state index contributed by atoms with van der Waals surface area (Å²) in [4.78, 5) is 0. The molecule has 1 saturated carbocycles. The molecule has 1 heterocycles. The van der Waals surface area contributed by atoms with Crippen molar-refractivity contribution in [3.63, 3.8) is 0 Å². The van der Waals surface area contributed by atoms with Gasteiger partial charge < -0.3 is 9.84 Å². The minimum Gasteiger partial charge on any atom is -0.390 e. The van der Waals surface area contributed by atoms with Crippen LogP contribution in [0, 0.1) is 0 Å². The van der Waals surface area contributed by atoms with E-state index in [1.165, 1.54) is 0 Å². The molecule has 1 fully saturated rings. The second-order valence-electron chi connectivity index (χ2n) is 4.76. The van der Waals surface area contributed by atoms with E-state index in [4.69, 9.17) is 4.74 Å². The Morgan fingerprint density at radius 2 is 2.08 bits per heavy atom. The summed E-state index contributed by atoms with van der Waals surface area (Å²) in [7, 11) is 0. The van der Waals surface area contributed by atoms with Crippen molar-refractivity contribution in [2.24, 2.45) is 0 Å². The van der Waals surface area contributed by atoms with Gasteiger partial charge in [0.2, 0.25) is 0 Å². The maximum absolute atomic E-state index is 9.92. The first-order chi connectivity index (χ1) is 6.04. The third-order valence-corrected chi connectivity index (χ3v) is 3.08. The van der Waals surface area contributed by atoms with Gasteiger partial charge in [0.1, 0.15) is 5.60 Å². The highest BCUT2D eigenvalue weighted by atomic mass is 16.5. The lowest BCUT2D eigenvalue weighted by atomic mass is 9.82. The van der Waals surface area contributed by atoms with Crippen molar-refractivity contribution in [2.45, 2.75) is 56.8 Å². The molecule has 0 radical (unpaired) electrons. The van der Waals surface area contributed by atoms with Crippen molar-refractivity contribution in [2.75, 3.05) is 0 Å². The van der Waals surface area contributed by atoms with Gasteiger partial charge >= 0.3 is 0 Å². The Kier molecular flexibility index (Phi) is 2.00. The number of aliphatic hydroxyl groups excluding tert-OH is 1. The topological polar surface area (TPSA) is 29.5 Å². The van der Waals surface area contributed by atoms with E-state index in [-0.39, 0.29) is 17.3 Å². The number of ether oxygens (including phenoxy) is 1. The van der Waals surface area contributed by atoms with Crippen molar-refractivity contribution in [3.05, 3.63) is 12.2 Å². The summed E-state index contributed by atoms with van der Waals surface area (Å²) in [6, 6.07) is 0. The van der Waals surface area contributed by atoms with E-state index in [9.17, 15) is 5.11 Å². The Morgan fingerprint density at radius 1 is 1.31 bits per heavy atom. The largest absolute Gasteiger partial charge is 0.390 e. The number of rotatable bonds is 0. The van der Waals surface area contributed by atoms with Gasteiger partial charge in [-0.3, -0.25) is 0 Å². The van der Waals surface area contributed by atoms with Gasteiger partial charge in [-0.1, -0.05) is 25.0 Å². The molecule has 0 aromatic carbocycles. The molecule has 0 amide bonds. The number of hydrogen-bond donors (Lipinski definition) is 1. The Labute approximate surface area is 79.6 Å². The molecular formula is C11H18O2. The lowest BCUT2D eigenvalue weighted by Crippen LogP contribution is -2.46. The fourth-order valence-electron chi connectivity index (χ4n) is 2.36. The van der Waals surface area contributed by atoms with Crippen LogP contribution in [0.5, 0.6) is 0 Å². The summed E-state index contributed by atoms with van der Waals surface area (Å²) in [5.74, 6) is 0. The van der Waals surface area contributed by atoms with Gasteiger partial charge in [-0.2, -0.15) is 0 Å². The molecule has 13 heavy (non-hydrogen) atoms. The van der Waals surface area contributed by atoms with Crippen molar-refractivity contribution >= 4 is 0 Å². The Bertz CT molecular complexity index is 232. The highest BCUT2D eigenvalue weighted by Gasteiger charge is 2.45. The van der Waals surface area contributed by atoms with Crippen LogP contribution in [0.4, 0.5) is 0 Å². The Morgan fingerprint density at radius 3 is 2.62 bits per heavy atom. The van der Waals surface area contributed by atoms with Crippen LogP contribution < -0.4 is 0 Å². The van der Waals surface area contributed by atoms with E-state index >= 15 is 0 Å². The quantitative estimate of drug-likeness (QED) is 0.581. The minimum absolute atomic E-state index is 0.196. The van der Waals surface area contributed by atoms with E-state index in [0.29, 0.717) is 0 Å². The molecule has 0 unspecified atom stereocenters. The lowest BCUT2D eigenvalue weighted by molar-refractivity contribution is -0.145. The fraction of sp³-hybridized carbons (Fsp3) is 0.818. The zero-order chi connectivity index (χ0) is 9.53. The lowest BCUT2D eigenvalue weighted by Gasteiger charge is -2.39. The first kappa shape index (κ1) is 9.22. The molecule has 0 bridgehead atoms. The fourth-order valence-corrected chi connectivity index (χ4v) is 2.36. The zero-order valence-electron chi connectivity index (χ0n) is 8.42. The van der Waals surface area contributed by atoms with E-state index in [1.54, 1.807) is 0 Å². The summed E-state index contributed by atoms with van der Waals surface area (Å²) in [6.07, 6.45) is 7.96. The van der Waals surface area contributed by atoms with Gasteiger partial charge in [-0.15, -0.1) is 0 Å². The second kappa shape index (κ2) is 2.82. The highest BCUT2D eigenvalue weighted by Crippen LogP contribution is 2.41. The summed E-state index contributed by atoms with van der Waals surface area (Å²) >= 11 is 0. The predicted octanol–water partition coefficient (Wildman–Crippen LogP) is 2.03. The SMILES string of the molecule is CC1(C)C=C[C@]2(CCCC[C@@H]2O)O1. The number of hydrogen-bond acceptors (Lipinski definition) is 2. The molecule has 2 nitrogen and oxygen atoms in total. The molecule has 2 aliphatic rings. The summed E-state index contributed by atoms with van der Waals surface area (Å²) in [5.41, 5.74) is -0.555. The van der Waals surface area contributed by atoms with Gasteiger partial charge in [-0.25, -0.2) is 0 Å². The van der Waals surface area contributed by atoms with Crippen LogP contribution >= 0.6 is 0 Å². The number of aliphatic hydroxyl groups is 1. The minimum atomic E-state index is -0.359. The summed E-state index contributed by atoms with van der Waals surface area (Å²) < 4.78 is 5.93. The van der Waals surface area contributed by atoms with Crippen molar-refractivity contribution in [3.8, 4) is 0 Å². The maximum atomic E-state index is 9.92. The molecule has 0 aromatic heterocycles. The summed E-state index contributed by atoms with van der Waals surface area (Å²) in [5, 5.41) is 9.92. The van der Waals surface area contributed by atoms with Crippen LogP contribution in [0.15, 0.2) is 12.2 Å². The van der Waals surface area contributed by atoms with Gasteiger partial charge in [0.15, 0.2) is 0 Å². The molecule has 0 aromatic rings. The first-order valence-corrected chi connectivity index (χ1v) is 5.13. The standard InChI is InChI=1S/C11H18O2/c1-10(2)7-8-11(13-10)6-4-3-5-9(11)12/h7-9,12H,3-6H2,1-2H3/t9-,11-/m0/s1. The molecule has 1 aliphatic carbocycles. The molecule has 2 rings (SSSR count). The third kappa shape index (κ3) is 1.53. The van der Waals surface area contributed by atoms with Crippen LogP contribution in [0.2, 0.25) is 0 Å². The molecule has 1 aliphatic heterocycles. The Hall–Kier alpha value is -0.340. The zero-order valence-corrected chi connectivity index (χ0v) is 8.42. The van der Waals surface area contributed by atoms with E-state index in [1.807, 2.05) is 13.8 Å². The van der Waals surface area contributed by atoms with Crippen LogP contribution in [0.1, 0.15) is 39.5 Å². The normalized spacial score (nSPS) is 42.8. The molecule has 0 saturated heterocycles. The molecule has 2 atom stereocenters. The first-order valence-electron chi connectivity index (χ1n) is 5.13. The average molecular weight is 182 g/mol. The molecule has 1 spiro atoms. The van der Waals surface area contributed by atoms with Crippen LogP contribution in [-0.2, 0) is 4.74 Å². The van der Waals surface area contributed by atoms with Gasteiger partial charge in [0, 0.05) is 0 Å². The van der Waals surface area contributed by atoms with Crippen LogP contribution in [0.3, 0.4) is 0 Å². The summed E-state index contributed by atoms with van der Waals surface area (Å²) in [6.45, 7) is 4.08. The van der Waals surface area contributed by atoms with E-state index in [2.05, 4.69) is 12.2 Å². The average Bonchev–Trinajstić information content (AvgIpc) is 2.35.